The van der Waals surface area contributed by atoms with E-state index in [-0.39, 0.29) is 30.5 Å². The molecule has 2 amide bonds. The Morgan fingerprint density at radius 2 is 1.85 bits per heavy atom. The fourth-order valence-corrected chi connectivity index (χ4v) is 5.79. The van der Waals surface area contributed by atoms with Crippen LogP contribution in [0.4, 0.5) is 4.79 Å². The molecule has 3 rings (SSSR count). The number of carbonyl (C=O) groups excluding carboxylic acids is 3. The Hall–Kier alpha value is -2.82. The summed E-state index contributed by atoms with van der Waals surface area (Å²) in [6.45, 7) is 6.19. The average molecular weight is 588 g/mol. The number of benzene rings is 2. The van der Waals surface area contributed by atoms with Gasteiger partial charge in [-0.25, -0.2) is 9.59 Å². The van der Waals surface area contributed by atoms with E-state index in [4.69, 9.17) is 14.2 Å². The van der Waals surface area contributed by atoms with Crippen LogP contribution < -0.4 is 10.6 Å². The molecular formula is C31H45N3O6S. The summed E-state index contributed by atoms with van der Waals surface area (Å²) in [6.07, 6.45) is 4.15. The first-order valence-electron chi connectivity index (χ1n) is 14.5. The van der Waals surface area contributed by atoms with Gasteiger partial charge in [-0.05, 0) is 40.7 Å². The van der Waals surface area contributed by atoms with E-state index in [1.54, 1.807) is 11.8 Å². The lowest BCUT2D eigenvalue weighted by molar-refractivity contribution is -0.145. The number of amides is 2. The molecular weight excluding hydrogens is 542 g/mol. The van der Waals surface area contributed by atoms with Gasteiger partial charge in [-0.1, -0.05) is 69.2 Å². The van der Waals surface area contributed by atoms with Gasteiger partial charge in [-0.2, -0.15) is 11.8 Å². The molecule has 41 heavy (non-hydrogen) atoms. The number of ether oxygens (including phenoxy) is 3. The van der Waals surface area contributed by atoms with Gasteiger partial charge in [-0.3, -0.25) is 9.69 Å². The highest BCUT2D eigenvalue weighted by Gasteiger charge is 2.28. The number of esters is 1. The molecule has 0 unspecified atom stereocenters. The minimum Gasteiger partial charge on any atom is -0.467 e. The van der Waals surface area contributed by atoms with Crippen LogP contribution in [0.2, 0.25) is 0 Å². The van der Waals surface area contributed by atoms with Gasteiger partial charge < -0.3 is 24.8 Å². The minimum absolute atomic E-state index is 0.0554. The Morgan fingerprint density at radius 3 is 2.54 bits per heavy atom. The number of hydrogen-bond acceptors (Lipinski definition) is 8. The summed E-state index contributed by atoms with van der Waals surface area (Å²) in [6, 6.07) is 13.4. The Kier molecular flexibility index (Phi) is 13.7. The van der Waals surface area contributed by atoms with Crippen molar-refractivity contribution in [1.29, 1.82) is 0 Å². The lowest BCUT2D eigenvalue weighted by atomic mass is 9.93. The van der Waals surface area contributed by atoms with Crippen molar-refractivity contribution in [2.24, 2.45) is 5.92 Å². The van der Waals surface area contributed by atoms with E-state index in [0.717, 1.165) is 29.2 Å². The van der Waals surface area contributed by atoms with Gasteiger partial charge in [0.05, 0.1) is 26.9 Å². The molecule has 2 aromatic rings. The quantitative estimate of drug-likeness (QED) is 0.279. The first-order valence-corrected chi connectivity index (χ1v) is 15.9. The molecule has 0 bridgehead atoms. The molecule has 10 heteroatoms. The Labute approximate surface area is 248 Å². The molecule has 1 heterocycles. The highest BCUT2D eigenvalue weighted by molar-refractivity contribution is 7.98. The second-order valence-corrected chi connectivity index (χ2v) is 11.4. The second-order valence-electron chi connectivity index (χ2n) is 10.5. The SMILES string of the molecule is CCC(CC)[C@@H](CN(CC(=O)N[C@@H](CCSC)C(=O)OC)Cc1cccc2ccccc12)NC(=O)O[C@H]1CCOC1. The van der Waals surface area contributed by atoms with Crippen molar-refractivity contribution >= 4 is 40.5 Å². The predicted octanol–water partition coefficient (Wildman–Crippen LogP) is 4.37. The maximum Gasteiger partial charge on any atom is 0.407 e. The number of carbonyl (C=O) groups is 3. The fraction of sp³-hybridized carbons (Fsp3) is 0.581. The highest BCUT2D eigenvalue weighted by atomic mass is 32.2. The Bertz CT molecular complexity index is 1120. The highest BCUT2D eigenvalue weighted by Crippen LogP contribution is 2.22. The molecule has 0 aromatic heterocycles. The van der Waals surface area contributed by atoms with Crippen LogP contribution in [-0.2, 0) is 30.3 Å². The minimum atomic E-state index is -0.712. The van der Waals surface area contributed by atoms with Crippen molar-refractivity contribution in [2.45, 2.75) is 64.3 Å². The first kappa shape index (κ1) is 32.7. The smallest absolute Gasteiger partial charge is 0.407 e. The number of hydrogen-bond donors (Lipinski definition) is 2. The number of rotatable bonds is 16. The number of alkyl carbamates (subject to hydrolysis) is 1. The molecule has 0 aliphatic carbocycles. The summed E-state index contributed by atoms with van der Waals surface area (Å²) < 4.78 is 15.9. The number of nitrogens with zero attached hydrogens (tertiary/aromatic N) is 1. The van der Waals surface area contributed by atoms with E-state index in [1.807, 2.05) is 29.4 Å². The van der Waals surface area contributed by atoms with Gasteiger partial charge >= 0.3 is 12.1 Å². The zero-order valence-electron chi connectivity index (χ0n) is 24.7. The number of methoxy groups -OCH3 is 1. The summed E-state index contributed by atoms with van der Waals surface area (Å²) >= 11 is 1.61. The summed E-state index contributed by atoms with van der Waals surface area (Å²) in [4.78, 5) is 40.6. The summed E-state index contributed by atoms with van der Waals surface area (Å²) in [5, 5.41) is 8.21. The van der Waals surface area contributed by atoms with Gasteiger partial charge in [0.25, 0.3) is 0 Å². The van der Waals surface area contributed by atoms with Gasteiger partial charge in [-0.15, -0.1) is 0 Å². The molecule has 1 fully saturated rings. The van der Waals surface area contributed by atoms with Crippen LogP contribution in [0, 0.1) is 5.92 Å². The number of thioether (sulfide) groups is 1. The average Bonchev–Trinajstić information content (AvgIpc) is 3.48. The van der Waals surface area contributed by atoms with Crippen molar-refractivity contribution in [3.8, 4) is 0 Å². The van der Waals surface area contributed by atoms with Crippen molar-refractivity contribution < 1.29 is 28.6 Å². The third-order valence-corrected chi connectivity index (χ3v) is 8.25. The van der Waals surface area contributed by atoms with E-state index in [0.29, 0.717) is 44.9 Å². The molecule has 0 saturated carbocycles. The van der Waals surface area contributed by atoms with Crippen LogP contribution >= 0.6 is 11.8 Å². The standard InChI is InChI=1S/C31H45N3O6S/c1-5-22(6-2)28(33-31(37)40-25-14-16-39-21-25)19-34(18-24-12-9-11-23-10-7-8-13-26(23)24)20-29(35)32-27(15-17-41-4)30(36)38-3/h7-13,22,25,27-28H,5-6,14-21H2,1-4H3,(H,32,35)(H,33,37)/t25-,27-,28+/m0/s1. The van der Waals surface area contributed by atoms with Crippen LogP contribution in [0.3, 0.4) is 0 Å². The summed E-state index contributed by atoms with van der Waals surface area (Å²) in [5.74, 6) is 0.179. The van der Waals surface area contributed by atoms with E-state index < -0.39 is 18.1 Å². The third-order valence-electron chi connectivity index (χ3n) is 7.61. The molecule has 226 valence electrons. The van der Waals surface area contributed by atoms with Crippen molar-refractivity contribution in [2.75, 3.05) is 45.4 Å². The second kappa shape index (κ2) is 17.2. The third kappa shape index (κ3) is 10.2. The maximum atomic E-state index is 13.4. The molecule has 1 aliphatic heterocycles. The topological polar surface area (TPSA) is 106 Å². The monoisotopic (exact) mass is 587 g/mol. The van der Waals surface area contributed by atoms with Crippen LogP contribution in [0.5, 0.6) is 0 Å². The normalized spacial score (nSPS) is 16.5. The van der Waals surface area contributed by atoms with Crippen LogP contribution in [0.25, 0.3) is 10.8 Å². The summed E-state index contributed by atoms with van der Waals surface area (Å²) in [5.41, 5.74) is 1.08. The van der Waals surface area contributed by atoms with Crippen molar-refractivity contribution in [1.82, 2.24) is 15.5 Å². The Balaban J connectivity index is 1.83. The maximum absolute atomic E-state index is 13.4. The van der Waals surface area contributed by atoms with Gasteiger partial charge in [0.1, 0.15) is 12.1 Å². The lowest BCUT2D eigenvalue weighted by Crippen LogP contribution is -2.51. The van der Waals surface area contributed by atoms with E-state index in [1.165, 1.54) is 7.11 Å². The zero-order chi connectivity index (χ0) is 29.6. The first-order chi connectivity index (χ1) is 19.9. The molecule has 1 saturated heterocycles. The summed E-state index contributed by atoms with van der Waals surface area (Å²) in [7, 11) is 1.33. The predicted molar refractivity (Wildman–Crippen MR) is 163 cm³/mol. The largest absolute Gasteiger partial charge is 0.467 e. The number of fused-ring (bicyclic) bond motifs is 1. The van der Waals surface area contributed by atoms with E-state index >= 15 is 0 Å². The molecule has 2 aromatic carbocycles. The molecule has 0 spiro atoms. The zero-order valence-corrected chi connectivity index (χ0v) is 25.5. The van der Waals surface area contributed by atoms with E-state index in [9.17, 15) is 14.4 Å². The molecule has 9 nitrogen and oxygen atoms in total. The van der Waals surface area contributed by atoms with Crippen LogP contribution in [0.1, 0.15) is 45.1 Å². The molecule has 0 radical (unpaired) electrons. The number of nitrogens with one attached hydrogen (secondary N) is 2. The van der Waals surface area contributed by atoms with Crippen molar-refractivity contribution in [3.63, 3.8) is 0 Å². The van der Waals surface area contributed by atoms with Gasteiger partial charge in [0.2, 0.25) is 5.91 Å². The fourth-order valence-electron chi connectivity index (χ4n) is 5.32. The molecule has 3 atom stereocenters. The van der Waals surface area contributed by atoms with Crippen molar-refractivity contribution in [3.05, 3.63) is 48.0 Å². The van der Waals surface area contributed by atoms with Crippen LogP contribution in [0.15, 0.2) is 42.5 Å². The van der Waals surface area contributed by atoms with Gasteiger partial charge in [0.15, 0.2) is 0 Å². The molecule has 2 N–H and O–H groups in total. The Morgan fingerprint density at radius 1 is 1.10 bits per heavy atom. The van der Waals surface area contributed by atoms with Gasteiger partial charge in [0, 0.05) is 25.6 Å². The molecule has 1 aliphatic rings. The lowest BCUT2D eigenvalue weighted by Gasteiger charge is -2.32. The van der Waals surface area contributed by atoms with E-state index in [2.05, 4.69) is 48.7 Å². The van der Waals surface area contributed by atoms with Crippen LogP contribution in [-0.4, -0.2) is 86.5 Å².